The van der Waals surface area contributed by atoms with Crippen LogP contribution in [0.1, 0.15) is 30.4 Å². The molecule has 0 radical (unpaired) electrons. The van der Waals surface area contributed by atoms with Crippen molar-refractivity contribution in [3.05, 3.63) is 77.9 Å². The van der Waals surface area contributed by atoms with Gasteiger partial charge in [0.25, 0.3) is 0 Å². The van der Waals surface area contributed by atoms with Crippen LogP contribution < -0.4 is 0 Å². The molecule has 2 aromatic carbocycles. The first-order valence-electron chi connectivity index (χ1n) is 6.98. The second-order valence-electron chi connectivity index (χ2n) is 4.99. The molecule has 0 aromatic heterocycles. The molecule has 2 nitrogen and oxygen atoms in total. The van der Waals surface area contributed by atoms with Crippen molar-refractivity contribution in [3.8, 4) is 0 Å². The summed E-state index contributed by atoms with van der Waals surface area (Å²) in [7, 11) is 0. The van der Waals surface area contributed by atoms with E-state index < -0.39 is 0 Å². The molecule has 2 rings (SSSR count). The van der Waals surface area contributed by atoms with Gasteiger partial charge < -0.3 is 0 Å². The zero-order valence-corrected chi connectivity index (χ0v) is 12.0. The fourth-order valence-electron chi connectivity index (χ4n) is 2.20. The Hall–Kier alpha value is -2.48. The zero-order chi connectivity index (χ0) is 15.1. The molecule has 0 saturated heterocycles. The highest BCUT2D eigenvalue weighted by Gasteiger charge is 2.18. The van der Waals surface area contributed by atoms with Crippen LogP contribution in [-0.4, -0.2) is 11.6 Å². The first kappa shape index (κ1) is 14.9. The van der Waals surface area contributed by atoms with Crippen LogP contribution in [0.2, 0.25) is 0 Å². The van der Waals surface area contributed by atoms with E-state index in [-0.39, 0.29) is 23.9 Å². The Balaban J connectivity index is 2.06. The number of Topliss-reactive ketones (excluding diaryl/α,β-unsaturated/α-hetero) is 1. The summed E-state index contributed by atoms with van der Waals surface area (Å²) in [5.41, 5.74) is 1.87. The molecule has 0 aliphatic rings. The van der Waals surface area contributed by atoms with Gasteiger partial charge in [-0.05, 0) is 24.1 Å². The molecule has 1 unspecified atom stereocenters. The van der Waals surface area contributed by atoms with Gasteiger partial charge in [0.05, 0.1) is 0 Å². The number of allylic oxidation sites excluding steroid dienone is 1. The van der Waals surface area contributed by atoms with Crippen molar-refractivity contribution >= 4 is 17.6 Å². The van der Waals surface area contributed by atoms with Gasteiger partial charge in [-0.1, -0.05) is 66.7 Å². The number of carbonyl (C=O) groups is 2. The summed E-state index contributed by atoms with van der Waals surface area (Å²) in [6, 6.07) is 19.1. The van der Waals surface area contributed by atoms with Crippen LogP contribution in [0.15, 0.2) is 66.7 Å². The van der Waals surface area contributed by atoms with Crippen molar-refractivity contribution in [1.82, 2.24) is 0 Å². The minimum absolute atomic E-state index is 0.0164. The zero-order valence-electron chi connectivity index (χ0n) is 12.0. The topological polar surface area (TPSA) is 34.1 Å². The lowest BCUT2D eigenvalue weighted by atomic mass is 9.90. The third kappa shape index (κ3) is 4.53. The van der Waals surface area contributed by atoms with Gasteiger partial charge in [0.1, 0.15) is 5.78 Å². The summed E-state index contributed by atoms with van der Waals surface area (Å²) in [5.74, 6) is -0.385. The Morgan fingerprint density at radius 1 is 0.952 bits per heavy atom. The molecular weight excluding hydrogens is 260 g/mol. The summed E-state index contributed by atoms with van der Waals surface area (Å²) in [5, 5.41) is 0. The molecule has 1 atom stereocenters. The van der Waals surface area contributed by atoms with Crippen molar-refractivity contribution in [2.45, 2.75) is 19.3 Å². The summed E-state index contributed by atoms with van der Waals surface area (Å²) < 4.78 is 0. The highest BCUT2D eigenvalue weighted by atomic mass is 16.1. The Morgan fingerprint density at radius 2 is 1.52 bits per heavy atom. The highest BCUT2D eigenvalue weighted by molar-refractivity contribution is 5.98. The first-order chi connectivity index (χ1) is 10.2. The molecule has 0 fully saturated rings. The summed E-state index contributed by atoms with van der Waals surface area (Å²) in [6.07, 6.45) is 3.54. The molecule has 0 aliphatic heterocycles. The molecule has 2 aromatic rings. The number of hydrogen-bond acceptors (Lipinski definition) is 2. The van der Waals surface area contributed by atoms with Crippen LogP contribution in [0.5, 0.6) is 0 Å². The maximum absolute atomic E-state index is 12.1. The average molecular weight is 278 g/mol. The van der Waals surface area contributed by atoms with E-state index in [1.54, 1.807) is 12.2 Å². The molecule has 0 aliphatic carbocycles. The molecule has 0 spiro atoms. The minimum Gasteiger partial charge on any atom is -0.299 e. The van der Waals surface area contributed by atoms with Gasteiger partial charge in [-0.15, -0.1) is 0 Å². The predicted molar refractivity (Wildman–Crippen MR) is 85.0 cm³/mol. The average Bonchev–Trinajstić information content (AvgIpc) is 2.52. The Labute approximate surface area is 125 Å². The molecule has 106 valence electrons. The van der Waals surface area contributed by atoms with E-state index in [0.717, 1.165) is 11.1 Å². The minimum atomic E-state index is -0.362. The van der Waals surface area contributed by atoms with E-state index in [1.165, 1.54) is 6.92 Å². The lowest BCUT2D eigenvalue weighted by Crippen LogP contribution is -2.13. The summed E-state index contributed by atoms with van der Waals surface area (Å²) >= 11 is 0. The Bertz CT molecular complexity index is 627. The van der Waals surface area contributed by atoms with Crippen LogP contribution in [0.3, 0.4) is 0 Å². The highest BCUT2D eigenvalue weighted by Crippen LogP contribution is 2.21. The third-order valence-corrected chi connectivity index (χ3v) is 3.36. The smallest absolute Gasteiger partial charge is 0.156 e. The predicted octanol–water partition coefficient (Wildman–Crippen LogP) is 4.03. The monoisotopic (exact) mass is 278 g/mol. The van der Waals surface area contributed by atoms with Gasteiger partial charge >= 0.3 is 0 Å². The van der Waals surface area contributed by atoms with Crippen LogP contribution in [0.25, 0.3) is 6.08 Å². The molecular formula is C19H18O2. The van der Waals surface area contributed by atoms with Gasteiger partial charge in [-0.3, -0.25) is 9.59 Å². The summed E-state index contributed by atoms with van der Waals surface area (Å²) in [6.45, 7) is 1.53. The maximum Gasteiger partial charge on any atom is 0.156 e. The van der Waals surface area contributed by atoms with Crippen molar-refractivity contribution in [1.29, 1.82) is 0 Å². The molecule has 0 bridgehead atoms. The van der Waals surface area contributed by atoms with E-state index in [0.29, 0.717) is 0 Å². The largest absolute Gasteiger partial charge is 0.299 e. The van der Waals surface area contributed by atoms with E-state index in [4.69, 9.17) is 0 Å². The number of carbonyl (C=O) groups excluding carboxylic acids is 2. The third-order valence-electron chi connectivity index (χ3n) is 3.36. The van der Waals surface area contributed by atoms with E-state index >= 15 is 0 Å². The normalized spacial score (nSPS) is 12.2. The summed E-state index contributed by atoms with van der Waals surface area (Å²) in [4.78, 5) is 23.8. The quantitative estimate of drug-likeness (QED) is 0.747. The SMILES string of the molecule is CC(=O)C(CC(=O)C=Cc1ccccc1)c1ccccc1. The molecule has 2 heteroatoms. The Morgan fingerprint density at radius 3 is 2.10 bits per heavy atom. The first-order valence-corrected chi connectivity index (χ1v) is 6.98. The van der Waals surface area contributed by atoms with Gasteiger partial charge in [-0.2, -0.15) is 0 Å². The fraction of sp³-hybridized carbons (Fsp3) is 0.158. The van der Waals surface area contributed by atoms with Gasteiger partial charge in [0, 0.05) is 12.3 Å². The maximum atomic E-state index is 12.1. The molecule has 0 saturated carbocycles. The molecule has 0 heterocycles. The van der Waals surface area contributed by atoms with Crippen molar-refractivity contribution < 1.29 is 9.59 Å². The molecule has 0 N–H and O–H groups in total. The number of rotatable bonds is 6. The molecule has 0 amide bonds. The van der Waals surface area contributed by atoms with Crippen LogP contribution in [0, 0.1) is 0 Å². The van der Waals surface area contributed by atoms with Gasteiger partial charge in [-0.25, -0.2) is 0 Å². The van der Waals surface area contributed by atoms with Gasteiger partial charge in [0.2, 0.25) is 0 Å². The number of ketones is 2. The van der Waals surface area contributed by atoms with Crippen LogP contribution in [0.4, 0.5) is 0 Å². The van der Waals surface area contributed by atoms with Crippen molar-refractivity contribution in [2.75, 3.05) is 0 Å². The standard InChI is InChI=1S/C19H18O2/c1-15(20)19(17-10-6-3-7-11-17)14-18(21)13-12-16-8-4-2-5-9-16/h2-13,19H,14H2,1H3. The van der Waals surface area contributed by atoms with Crippen molar-refractivity contribution in [2.24, 2.45) is 0 Å². The number of hydrogen-bond donors (Lipinski definition) is 0. The lowest BCUT2D eigenvalue weighted by molar-refractivity contribution is -0.122. The van der Waals surface area contributed by atoms with E-state index in [2.05, 4.69) is 0 Å². The van der Waals surface area contributed by atoms with Crippen LogP contribution >= 0.6 is 0 Å². The van der Waals surface area contributed by atoms with Crippen LogP contribution in [-0.2, 0) is 9.59 Å². The fourth-order valence-corrected chi connectivity index (χ4v) is 2.20. The van der Waals surface area contributed by atoms with Crippen molar-refractivity contribution in [3.63, 3.8) is 0 Å². The second kappa shape index (κ2) is 7.34. The Kier molecular flexibility index (Phi) is 5.22. The lowest BCUT2D eigenvalue weighted by Gasteiger charge is -2.12. The number of benzene rings is 2. The second-order valence-corrected chi connectivity index (χ2v) is 4.99. The van der Waals surface area contributed by atoms with E-state index in [1.807, 2.05) is 60.7 Å². The van der Waals surface area contributed by atoms with E-state index in [9.17, 15) is 9.59 Å². The van der Waals surface area contributed by atoms with Gasteiger partial charge in [0.15, 0.2) is 5.78 Å². The molecule has 21 heavy (non-hydrogen) atoms.